The molecule has 112 valence electrons. The van der Waals surface area contributed by atoms with Gasteiger partial charge in [0.1, 0.15) is 6.54 Å². The van der Waals surface area contributed by atoms with Crippen LogP contribution in [0.5, 0.6) is 0 Å². The lowest BCUT2D eigenvalue weighted by molar-refractivity contribution is -0.123. The van der Waals surface area contributed by atoms with Crippen LogP contribution < -0.4 is 10.2 Å². The van der Waals surface area contributed by atoms with E-state index in [1.807, 2.05) is 6.92 Å². The molecule has 5 nitrogen and oxygen atoms in total. The summed E-state index contributed by atoms with van der Waals surface area (Å²) >= 11 is 1.10. The van der Waals surface area contributed by atoms with Gasteiger partial charge in [-0.05, 0) is 25.7 Å². The van der Waals surface area contributed by atoms with Gasteiger partial charge in [-0.2, -0.15) is 0 Å². The van der Waals surface area contributed by atoms with E-state index in [1.165, 1.54) is 4.57 Å². The van der Waals surface area contributed by atoms with Crippen molar-refractivity contribution in [3.63, 3.8) is 0 Å². The summed E-state index contributed by atoms with van der Waals surface area (Å²) < 4.78 is 1.45. The number of aryl methyl sites for hydroxylation is 1. The molecule has 2 N–H and O–H groups in total. The fourth-order valence-electron chi connectivity index (χ4n) is 2.85. The van der Waals surface area contributed by atoms with E-state index in [9.17, 15) is 14.7 Å². The predicted octanol–water partition coefficient (Wildman–Crippen LogP) is 1.28. The van der Waals surface area contributed by atoms with Gasteiger partial charge in [0.15, 0.2) is 0 Å². The highest BCUT2D eigenvalue weighted by molar-refractivity contribution is 7.07. The molecular formula is C14H22N2O3S. The molecule has 0 spiro atoms. The molecular weight excluding hydrogens is 276 g/mol. The fourth-order valence-corrected chi connectivity index (χ4v) is 3.59. The number of hydrogen-bond acceptors (Lipinski definition) is 4. The van der Waals surface area contributed by atoms with Crippen molar-refractivity contribution in [2.45, 2.75) is 51.7 Å². The molecule has 1 amide bonds. The molecule has 1 heterocycles. The number of hydrogen-bond donors (Lipinski definition) is 2. The molecule has 1 saturated carbocycles. The van der Waals surface area contributed by atoms with Crippen LogP contribution in [0.1, 0.15) is 38.3 Å². The quantitative estimate of drug-likeness (QED) is 0.879. The van der Waals surface area contributed by atoms with Crippen molar-refractivity contribution < 1.29 is 9.90 Å². The molecule has 6 heteroatoms. The lowest BCUT2D eigenvalue weighted by atomic mass is 9.79. The maximum absolute atomic E-state index is 11.9. The van der Waals surface area contributed by atoms with Crippen LogP contribution in [0.15, 0.2) is 10.2 Å². The molecule has 2 rings (SSSR count). The Bertz CT molecular complexity index is 537. The number of amides is 1. The molecule has 1 aliphatic carbocycles. The van der Waals surface area contributed by atoms with E-state index >= 15 is 0 Å². The van der Waals surface area contributed by atoms with Crippen molar-refractivity contribution in [1.29, 1.82) is 0 Å². The highest BCUT2D eigenvalue weighted by Gasteiger charge is 2.32. The molecule has 1 aromatic rings. The number of aliphatic hydroxyl groups is 1. The third-order valence-electron chi connectivity index (χ3n) is 3.96. The second-order valence-electron chi connectivity index (χ2n) is 5.93. The van der Waals surface area contributed by atoms with Crippen LogP contribution in [0.3, 0.4) is 0 Å². The van der Waals surface area contributed by atoms with Crippen LogP contribution in [-0.4, -0.2) is 27.7 Å². The van der Waals surface area contributed by atoms with Gasteiger partial charge in [-0.3, -0.25) is 14.2 Å². The first-order valence-corrected chi connectivity index (χ1v) is 7.92. The van der Waals surface area contributed by atoms with Crippen LogP contribution >= 0.6 is 11.3 Å². The van der Waals surface area contributed by atoms with Gasteiger partial charge in [0, 0.05) is 17.6 Å². The van der Waals surface area contributed by atoms with E-state index in [2.05, 4.69) is 12.2 Å². The van der Waals surface area contributed by atoms with Gasteiger partial charge in [0.25, 0.3) is 0 Å². The van der Waals surface area contributed by atoms with E-state index in [0.29, 0.717) is 5.92 Å². The van der Waals surface area contributed by atoms with E-state index in [1.54, 1.807) is 5.38 Å². The zero-order valence-electron chi connectivity index (χ0n) is 12.0. The number of carbonyl (C=O) groups excluding carboxylic acids is 1. The van der Waals surface area contributed by atoms with Crippen LogP contribution in [-0.2, 0) is 11.3 Å². The van der Waals surface area contributed by atoms with Gasteiger partial charge in [-0.25, -0.2) is 0 Å². The minimum absolute atomic E-state index is 0.0276. The summed E-state index contributed by atoms with van der Waals surface area (Å²) in [5.41, 5.74) is 0.00210. The first-order valence-electron chi connectivity index (χ1n) is 7.04. The number of carbonyl (C=O) groups is 1. The van der Waals surface area contributed by atoms with E-state index in [0.717, 1.165) is 42.7 Å². The molecule has 0 bridgehead atoms. The third-order valence-corrected chi connectivity index (χ3v) is 4.84. The Morgan fingerprint density at radius 2 is 2.40 bits per heavy atom. The summed E-state index contributed by atoms with van der Waals surface area (Å²) in [6.45, 7) is 4.23. The van der Waals surface area contributed by atoms with E-state index < -0.39 is 5.60 Å². The van der Waals surface area contributed by atoms with Crippen molar-refractivity contribution in [1.82, 2.24) is 9.88 Å². The highest BCUT2D eigenvalue weighted by Crippen LogP contribution is 2.31. The summed E-state index contributed by atoms with van der Waals surface area (Å²) in [5.74, 6) is 0.271. The second-order valence-corrected chi connectivity index (χ2v) is 6.75. The summed E-state index contributed by atoms with van der Waals surface area (Å²) in [6.07, 6.45) is 3.59. The Balaban J connectivity index is 1.88. The van der Waals surface area contributed by atoms with E-state index in [-0.39, 0.29) is 23.9 Å². The van der Waals surface area contributed by atoms with E-state index in [4.69, 9.17) is 0 Å². The summed E-state index contributed by atoms with van der Waals surface area (Å²) in [7, 11) is 0. The van der Waals surface area contributed by atoms with Gasteiger partial charge in [-0.15, -0.1) is 0 Å². The molecule has 0 aromatic carbocycles. The maximum atomic E-state index is 11.9. The lowest BCUT2D eigenvalue weighted by Gasteiger charge is -2.35. The SMILES string of the molecule is Cc1csc(=O)n1CC(=O)NCC1(O)CCCC(C)C1. The van der Waals surface area contributed by atoms with Crippen molar-refractivity contribution in [3.8, 4) is 0 Å². The molecule has 1 aromatic heterocycles. The van der Waals surface area contributed by atoms with Crippen molar-refractivity contribution in [2.24, 2.45) is 5.92 Å². The Hall–Kier alpha value is -1.14. The minimum Gasteiger partial charge on any atom is -0.388 e. The van der Waals surface area contributed by atoms with Gasteiger partial charge in [-0.1, -0.05) is 31.1 Å². The third kappa shape index (κ3) is 3.70. The lowest BCUT2D eigenvalue weighted by Crippen LogP contribution is -2.46. The molecule has 2 unspecified atom stereocenters. The van der Waals surface area contributed by atoms with Crippen LogP contribution in [0.2, 0.25) is 0 Å². The average Bonchev–Trinajstić information content (AvgIpc) is 2.68. The molecule has 0 aliphatic heterocycles. The van der Waals surface area contributed by atoms with Gasteiger partial charge in [0.05, 0.1) is 5.60 Å². The van der Waals surface area contributed by atoms with Crippen LogP contribution in [0.25, 0.3) is 0 Å². The number of nitrogens with one attached hydrogen (secondary N) is 1. The first kappa shape index (κ1) is 15.3. The van der Waals surface area contributed by atoms with Crippen molar-refractivity contribution in [2.75, 3.05) is 6.54 Å². The monoisotopic (exact) mass is 298 g/mol. The smallest absolute Gasteiger partial charge is 0.307 e. The largest absolute Gasteiger partial charge is 0.388 e. The van der Waals surface area contributed by atoms with Gasteiger partial charge in [0.2, 0.25) is 5.91 Å². The maximum Gasteiger partial charge on any atom is 0.307 e. The van der Waals surface area contributed by atoms with Crippen molar-refractivity contribution >= 4 is 17.2 Å². The molecule has 20 heavy (non-hydrogen) atoms. The van der Waals surface area contributed by atoms with Gasteiger partial charge < -0.3 is 10.4 Å². The summed E-state index contributed by atoms with van der Waals surface area (Å²) in [4.78, 5) is 23.3. The number of aromatic nitrogens is 1. The predicted molar refractivity (Wildman–Crippen MR) is 78.9 cm³/mol. The second kappa shape index (κ2) is 6.10. The van der Waals surface area contributed by atoms with Crippen LogP contribution in [0.4, 0.5) is 0 Å². The molecule has 1 fully saturated rings. The normalized spacial score (nSPS) is 26.4. The summed E-state index contributed by atoms with van der Waals surface area (Å²) in [5, 5.41) is 14.9. The van der Waals surface area contributed by atoms with Crippen molar-refractivity contribution in [3.05, 3.63) is 20.7 Å². The van der Waals surface area contributed by atoms with Gasteiger partial charge >= 0.3 is 4.87 Å². The Morgan fingerprint density at radius 3 is 3.00 bits per heavy atom. The van der Waals surface area contributed by atoms with Crippen LogP contribution in [0, 0.1) is 12.8 Å². The number of rotatable bonds is 4. The molecule has 2 atom stereocenters. The zero-order chi connectivity index (χ0) is 14.8. The molecule has 0 radical (unpaired) electrons. The Labute approximate surface area is 122 Å². The fraction of sp³-hybridized carbons (Fsp3) is 0.714. The highest BCUT2D eigenvalue weighted by atomic mass is 32.1. The molecule has 1 aliphatic rings. The number of thiazole rings is 1. The molecule has 0 saturated heterocycles. The first-order chi connectivity index (χ1) is 9.39. The minimum atomic E-state index is -0.790. The number of nitrogens with zero attached hydrogens (tertiary/aromatic N) is 1. The summed E-state index contributed by atoms with van der Waals surface area (Å²) in [6, 6.07) is 0. The Kier molecular flexibility index (Phi) is 4.65. The Morgan fingerprint density at radius 1 is 1.65 bits per heavy atom. The standard InChI is InChI=1S/C14H22N2O3S/c1-10-4-3-5-14(19,6-10)9-15-12(17)7-16-11(2)8-20-13(16)18/h8,10,19H,3-7,9H2,1-2H3,(H,15,17). The topological polar surface area (TPSA) is 71.3 Å². The average molecular weight is 298 g/mol. The zero-order valence-corrected chi connectivity index (χ0v) is 12.8.